The lowest BCUT2D eigenvalue weighted by atomic mass is 9.94. The normalized spacial score (nSPS) is 21.0. The number of nitrogens with zero attached hydrogens (tertiary/aromatic N) is 2. The second-order valence-electron chi connectivity index (χ2n) is 6.68. The van der Waals surface area contributed by atoms with Crippen LogP contribution in [0.25, 0.3) is 0 Å². The maximum Gasteiger partial charge on any atom is 0.309 e. The molecule has 0 aromatic heterocycles. The van der Waals surface area contributed by atoms with Crippen molar-refractivity contribution >= 4 is 35.9 Å². The SMILES string of the molecule is CCNC(=NCC1(OC)CCOCC1)N1CCC(C(=O)OCC)CC1.I. The van der Waals surface area contributed by atoms with E-state index in [-0.39, 0.29) is 41.5 Å². The molecule has 2 aliphatic heterocycles. The van der Waals surface area contributed by atoms with E-state index in [2.05, 4.69) is 17.1 Å². The summed E-state index contributed by atoms with van der Waals surface area (Å²) in [5, 5.41) is 3.38. The molecule has 0 atom stereocenters. The van der Waals surface area contributed by atoms with Crippen LogP contribution < -0.4 is 5.32 Å². The Labute approximate surface area is 174 Å². The fourth-order valence-electron chi connectivity index (χ4n) is 3.40. The number of halogens is 1. The van der Waals surface area contributed by atoms with Crippen molar-refractivity contribution in [1.82, 2.24) is 10.2 Å². The van der Waals surface area contributed by atoms with E-state index in [1.165, 1.54) is 0 Å². The Kier molecular flexibility index (Phi) is 10.8. The van der Waals surface area contributed by atoms with Crippen LogP contribution in [0.1, 0.15) is 39.5 Å². The average molecular weight is 483 g/mol. The highest BCUT2D eigenvalue weighted by molar-refractivity contribution is 14.0. The van der Waals surface area contributed by atoms with E-state index in [0.717, 1.165) is 64.5 Å². The molecule has 7 nitrogen and oxygen atoms in total. The van der Waals surface area contributed by atoms with Gasteiger partial charge in [0.2, 0.25) is 0 Å². The number of guanidine groups is 1. The first-order valence-electron chi connectivity index (χ1n) is 9.47. The van der Waals surface area contributed by atoms with Crippen molar-refractivity contribution in [1.29, 1.82) is 0 Å². The Morgan fingerprint density at radius 1 is 1.27 bits per heavy atom. The number of carbonyl (C=O) groups is 1. The van der Waals surface area contributed by atoms with Crippen LogP contribution >= 0.6 is 24.0 Å². The summed E-state index contributed by atoms with van der Waals surface area (Å²) in [6.45, 7) is 8.91. The Balaban J connectivity index is 0.00000338. The third-order valence-corrected chi connectivity index (χ3v) is 5.10. The zero-order chi connectivity index (χ0) is 18.1. The van der Waals surface area contributed by atoms with Crippen molar-refractivity contribution in [3.05, 3.63) is 0 Å². The molecule has 0 bridgehead atoms. The number of likely N-dealkylation sites (tertiary alicyclic amines) is 1. The summed E-state index contributed by atoms with van der Waals surface area (Å²) in [6.07, 6.45) is 3.37. The van der Waals surface area contributed by atoms with Crippen molar-refractivity contribution in [3.63, 3.8) is 0 Å². The van der Waals surface area contributed by atoms with E-state index < -0.39 is 0 Å². The molecule has 2 rings (SSSR count). The van der Waals surface area contributed by atoms with E-state index in [4.69, 9.17) is 19.2 Å². The quantitative estimate of drug-likeness (QED) is 0.270. The highest BCUT2D eigenvalue weighted by atomic mass is 127. The summed E-state index contributed by atoms with van der Waals surface area (Å²) in [4.78, 5) is 19.0. The van der Waals surface area contributed by atoms with Gasteiger partial charge in [0.15, 0.2) is 5.96 Å². The molecule has 0 radical (unpaired) electrons. The van der Waals surface area contributed by atoms with Crippen LogP contribution in [0.2, 0.25) is 0 Å². The van der Waals surface area contributed by atoms with Crippen LogP contribution in [-0.2, 0) is 19.0 Å². The second kappa shape index (κ2) is 12.0. The number of aliphatic imine (C=N–C) groups is 1. The van der Waals surface area contributed by atoms with E-state index >= 15 is 0 Å². The molecule has 2 saturated heterocycles. The summed E-state index contributed by atoms with van der Waals surface area (Å²) in [5.74, 6) is 0.859. The summed E-state index contributed by atoms with van der Waals surface area (Å²) in [5.41, 5.74) is -0.220. The number of esters is 1. The Bertz CT molecular complexity index is 448. The summed E-state index contributed by atoms with van der Waals surface area (Å²) >= 11 is 0. The van der Waals surface area contributed by atoms with Gasteiger partial charge in [-0.3, -0.25) is 9.79 Å². The topological polar surface area (TPSA) is 72.4 Å². The molecule has 0 spiro atoms. The number of ether oxygens (including phenoxy) is 3. The lowest BCUT2D eigenvalue weighted by Crippen LogP contribution is -2.48. The minimum absolute atomic E-state index is 0. The standard InChI is InChI=1S/C18H33N3O4.HI/c1-4-19-17(20-14-18(23-3)8-12-24-13-9-18)21-10-6-15(7-11-21)16(22)25-5-2;/h15H,4-14H2,1-3H3,(H,19,20);1H. The molecule has 26 heavy (non-hydrogen) atoms. The van der Waals surface area contributed by atoms with Gasteiger partial charge in [0.25, 0.3) is 0 Å². The van der Waals surface area contributed by atoms with Crippen molar-refractivity contribution < 1.29 is 19.0 Å². The van der Waals surface area contributed by atoms with Crippen LogP contribution in [0.5, 0.6) is 0 Å². The third-order valence-electron chi connectivity index (χ3n) is 5.10. The second-order valence-corrected chi connectivity index (χ2v) is 6.68. The van der Waals surface area contributed by atoms with Gasteiger partial charge in [-0.1, -0.05) is 0 Å². The zero-order valence-corrected chi connectivity index (χ0v) is 18.6. The number of rotatable bonds is 6. The largest absolute Gasteiger partial charge is 0.466 e. The zero-order valence-electron chi connectivity index (χ0n) is 16.3. The monoisotopic (exact) mass is 483 g/mol. The molecule has 0 amide bonds. The van der Waals surface area contributed by atoms with Crippen LogP contribution in [0.4, 0.5) is 0 Å². The number of piperidine rings is 1. The van der Waals surface area contributed by atoms with Gasteiger partial charge in [-0.2, -0.15) is 0 Å². The van der Waals surface area contributed by atoms with E-state index in [9.17, 15) is 4.79 Å². The molecule has 0 aromatic carbocycles. The van der Waals surface area contributed by atoms with E-state index in [1.54, 1.807) is 7.11 Å². The smallest absolute Gasteiger partial charge is 0.309 e. The van der Waals surface area contributed by atoms with Crippen LogP contribution in [0, 0.1) is 5.92 Å². The minimum atomic E-state index is -0.220. The first-order valence-corrected chi connectivity index (χ1v) is 9.47. The highest BCUT2D eigenvalue weighted by Gasteiger charge is 2.33. The van der Waals surface area contributed by atoms with Gasteiger partial charge in [0.1, 0.15) is 0 Å². The minimum Gasteiger partial charge on any atom is -0.466 e. The summed E-state index contributed by atoms with van der Waals surface area (Å²) in [7, 11) is 1.76. The lowest BCUT2D eigenvalue weighted by molar-refractivity contribution is -0.149. The number of methoxy groups -OCH3 is 1. The maximum absolute atomic E-state index is 11.9. The highest BCUT2D eigenvalue weighted by Crippen LogP contribution is 2.25. The Morgan fingerprint density at radius 2 is 1.92 bits per heavy atom. The Hall–Kier alpha value is -0.610. The molecule has 2 aliphatic rings. The van der Waals surface area contributed by atoms with Crippen LogP contribution in [0.3, 0.4) is 0 Å². The van der Waals surface area contributed by atoms with Gasteiger partial charge in [0, 0.05) is 52.8 Å². The molecule has 2 fully saturated rings. The van der Waals surface area contributed by atoms with Crippen molar-refractivity contribution in [2.75, 3.05) is 53.1 Å². The molecular weight excluding hydrogens is 449 g/mol. The molecule has 0 unspecified atom stereocenters. The fourth-order valence-corrected chi connectivity index (χ4v) is 3.40. The summed E-state index contributed by atoms with van der Waals surface area (Å²) < 4.78 is 16.4. The third kappa shape index (κ3) is 6.53. The van der Waals surface area contributed by atoms with Crippen molar-refractivity contribution in [2.45, 2.75) is 45.1 Å². The average Bonchev–Trinajstić information content (AvgIpc) is 2.66. The predicted octanol–water partition coefficient (Wildman–Crippen LogP) is 2.04. The van der Waals surface area contributed by atoms with Gasteiger partial charge in [-0.25, -0.2) is 0 Å². The number of nitrogens with one attached hydrogen (secondary N) is 1. The molecule has 0 aliphatic carbocycles. The van der Waals surface area contributed by atoms with E-state index in [0.29, 0.717) is 13.2 Å². The Morgan fingerprint density at radius 3 is 2.46 bits per heavy atom. The molecule has 2 heterocycles. The number of hydrogen-bond donors (Lipinski definition) is 1. The van der Waals surface area contributed by atoms with Gasteiger partial charge >= 0.3 is 5.97 Å². The molecule has 0 aromatic rings. The number of carbonyl (C=O) groups excluding carboxylic acids is 1. The van der Waals surface area contributed by atoms with Gasteiger partial charge < -0.3 is 24.4 Å². The van der Waals surface area contributed by atoms with Crippen LogP contribution in [0.15, 0.2) is 4.99 Å². The van der Waals surface area contributed by atoms with Crippen LogP contribution in [-0.4, -0.2) is 75.5 Å². The van der Waals surface area contributed by atoms with Crippen molar-refractivity contribution in [3.8, 4) is 0 Å². The molecule has 152 valence electrons. The predicted molar refractivity (Wildman–Crippen MR) is 112 cm³/mol. The van der Waals surface area contributed by atoms with Gasteiger partial charge in [0.05, 0.1) is 24.7 Å². The molecular formula is C18H34IN3O4. The number of hydrogen-bond acceptors (Lipinski definition) is 5. The molecule has 1 N–H and O–H groups in total. The summed E-state index contributed by atoms with van der Waals surface area (Å²) in [6, 6.07) is 0. The first-order chi connectivity index (χ1) is 12.1. The van der Waals surface area contributed by atoms with Crippen molar-refractivity contribution in [2.24, 2.45) is 10.9 Å². The maximum atomic E-state index is 11.9. The first kappa shape index (κ1) is 23.4. The van der Waals surface area contributed by atoms with Gasteiger partial charge in [-0.15, -0.1) is 24.0 Å². The van der Waals surface area contributed by atoms with E-state index in [1.807, 2.05) is 6.92 Å². The lowest BCUT2D eigenvalue weighted by Gasteiger charge is -2.36. The molecule has 8 heteroatoms. The fraction of sp³-hybridized carbons (Fsp3) is 0.889. The molecule has 0 saturated carbocycles. The van der Waals surface area contributed by atoms with Gasteiger partial charge in [-0.05, 0) is 26.7 Å².